The Morgan fingerprint density at radius 1 is 1.25 bits per heavy atom. The molecule has 0 aromatic heterocycles. The molecule has 1 fully saturated rings. The zero-order chi connectivity index (χ0) is 12.0. The highest BCUT2D eigenvalue weighted by atomic mass is 16.5. The van der Waals surface area contributed by atoms with Crippen molar-refractivity contribution in [3.8, 4) is 0 Å². The van der Waals surface area contributed by atoms with Crippen LogP contribution >= 0.6 is 0 Å². The number of ether oxygens (including phenoxy) is 1. The van der Waals surface area contributed by atoms with Crippen molar-refractivity contribution in [2.75, 3.05) is 13.7 Å². The smallest absolute Gasteiger partial charge is 0.309 e. The van der Waals surface area contributed by atoms with E-state index in [2.05, 4.69) is 0 Å². The van der Waals surface area contributed by atoms with Gasteiger partial charge >= 0.3 is 5.97 Å². The van der Waals surface area contributed by atoms with Crippen molar-refractivity contribution < 1.29 is 14.6 Å². The summed E-state index contributed by atoms with van der Waals surface area (Å²) in [6.07, 6.45) is 7.32. The third-order valence-corrected chi connectivity index (χ3v) is 4.03. The summed E-state index contributed by atoms with van der Waals surface area (Å²) in [6, 6.07) is 0. The first-order valence-electron chi connectivity index (χ1n) is 6.36. The molecule has 1 aliphatic carbocycles. The second-order valence-corrected chi connectivity index (χ2v) is 5.09. The fraction of sp³-hybridized carbons (Fsp3) is 0.923. The molecule has 0 radical (unpaired) electrons. The van der Waals surface area contributed by atoms with Crippen LogP contribution in [0.1, 0.15) is 51.9 Å². The largest absolute Gasteiger partial charge is 0.481 e. The summed E-state index contributed by atoms with van der Waals surface area (Å²) in [5.74, 6) is -0.521. The van der Waals surface area contributed by atoms with Gasteiger partial charge in [0.25, 0.3) is 0 Å². The molecule has 1 N–H and O–H groups in total. The van der Waals surface area contributed by atoms with Gasteiger partial charge in [-0.25, -0.2) is 0 Å². The summed E-state index contributed by atoms with van der Waals surface area (Å²) in [6.45, 7) is 2.56. The number of carbonyl (C=O) groups is 1. The molecule has 94 valence electrons. The van der Waals surface area contributed by atoms with Crippen LogP contribution in [0.3, 0.4) is 0 Å². The molecule has 3 heteroatoms. The van der Waals surface area contributed by atoms with E-state index in [9.17, 15) is 9.90 Å². The van der Waals surface area contributed by atoms with E-state index in [4.69, 9.17) is 4.74 Å². The molecule has 0 aromatic carbocycles. The molecule has 1 unspecified atom stereocenters. The fourth-order valence-corrected chi connectivity index (χ4v) is 2.86. The van der Waals surface area contributed by atoms with Gasteiger partial charge in [-0.05, 0) is 18.8 Å². The van der Waals surface area contributed by atoms with E-state index < -0.39 is 11.4 Å². The zero-order valence-electron chi connectivity index (χ0n) is 10.5. The molecule has 0 aliphatic heterocycles. The molecule has 0 heterocycles. The number of hydrogen-bond acceptors (Lipinski definition) is 2. The van der Waals surface area contributed by atoms with Gasteiger partial charge in [-0.2, -0.15) is 0 Å². The van der Waals surface area contributed by atoms with E-state index in [0.717, 1.165) is 25.7 Å². The standard InChI is InChI=1S/C13H24O3/c1-11(10-16-2)13(12(14)15)8-6-4-3-5-7-9-13/h11H,3-10H2,1-2H3,(H,14,15). The Morgan fingerprint density at radius 3 is 2.19 bits per heavy atom. The number of aliphatic carboxylic acids is 1. The molecule has 0 bridgehead atoms. The van der Waals surface area contributed by atoms with E-state index in [1.54, 1.807) is 7.11 Å². The second kappa shape index (κ2) is 6.24. The van der Waals surface area contributed by atoms with Gasteiger partial charge in [0.1, 0.15) is 0 Å². The number of methoxy groups -OCH3 is 1. The molecule has 0 spiro atoms. The molecule has 1 atom stereocenters. The average molecular weight is 228 g/mol. The predicted molar refractivity (Wildman–Crippen MR) is 63.4 cm³/mol. The first kappa shape index (κ1) is 13.5. The molecule has 1 rings (SSSR count). The van der Waals surface area contributed by atoms with Gasteiger partial charge in [0.2, 0.25) is 0 Å². The fourth-order valence-electron chi connectivity index (χ4n) is 2.86. The van der Waals surface area contributed by atoms with Crippen molar-refractivity contribution in [2.45, 2.75) is 51.9 Å². The van der Waals surface area contributed by atoms with Crippen molar-refractivity contribution in [3.63, 3.8) is 0 Å². The SMILES string of the molecule is COCC(C)C1(C(=O)O)CCCCCCC1. The topological polar surface area (TPSA) is 46.5 Å². The second-order valence-electron chi connectivity index (χ2n) is 5.09. The van der Waals surface area contributed by atoms with Crippen LogP contribution in [0.15, 0.2) is 0 Å². The first-order valence-corrected chi connectivity index (χ1v) is 6.36. The van der Waals surface area contributed by atoms with Gasteiger partial charge in [-0.15, -0.1) is 0 Å². The van der Waals surface area contributed by atoms with Crippen LogP contribution in [-0.2, 0) is 9.53 Å². The van der Waals surface area contributed by atoms with Crippen molar-refractivity contribution in [1.82, 2.24) is 0 Å². The molecule has 3 nitrogen and oxygen atoms in total. The van der Waals surface area contributed by atoms with E-state index >= 15 is 0 Å². The Labute approximate surface area is 98.2 Å². The summed E-state index contributed by atoms with van der Waals surface area (Å²) in [7, 11) is 1.65. The molecule has 0 aromatic rings. The summed E-state index contributed by atoms with van der Waals surface area (Å²) in [5, 5.41) is 9.55. The molecule has 1 aliphatic rings. The maximum Gasteiger partial charge on any atom is 0.309 e. The van der Waals surface area contributed by atoms with Crippen LogP contribution in [0.2, 0.25) is 0 Å². The number of carboxylic acid groups (broad SMARTS) is 1. The van der Waals surface area contributed by atoms with Crippen LogP contribution in [0.5, 0.6) is 0 Å². The lowest BCUT2D eigenvalue weighted by Gasteiger charge is -2.36. The van der Waals surface area contributed by atoms with Crippen molar-refractivity contribution in [2.24, 2.45) is 11.3 Å². The summed E-state index contributed by atoms with van der Waals surface area (Å²) in [4.78, 5) is 11.6. The monoisotopic (exact) mass is 228 g/mol. The molecule has 0 saturated heterocycles. The first-order chi connectivity index (χ1) is 7.63. The average Bonchev–Trinajstić information content (AvgIpc) is 2.17. The lowest BCUT2D eigenvalue weighted by molar-refractivity contribution is -0.155. The number of rotatable bonds is 4. The minimum Gasteiger partial charge on any atom is -0.481 e. The molecular weight excluding hydrogens is 204 g/mol. The quantitative estimate of drug-likeness (QED) is 0.804. The predicted octanol–water partition coefficient (Wildman–Crippen LogP) is 3.08. The highest BCUT2D eigenvalue weighted by Crippen LogP contribution is 2.41. The lowest BCUT2D eigenvalue weighted by Crippen LogP contribution is -2.40. The Balaban J connectivity index is 2.78. The molecular formula is C13H24O3. The van der Waals surface area contributed by atoms with Crippen molar-refractivity contribution in [1.29, 1.82) is 0 Å². The summed E-state index contributed by atoms with van der Waals surface area (Å²) in [5.41, 5.74) is -0.545. The van der Waals surface area contributed by atoms with Gasteiger partial charge in [0, 0.05) is 13.7 Å². The van der Waals surface area contributed by atoms with E-state index in [1.807, 2.05) is 6.92 Å². The maximum atomic E-state index is 11.6. The Bertz CT molecular complexity index is 217. The maximum absolute atomic E-state index is 11.6. The lowest BCUT2D eigenvalue weighted by atomic mass is 9.68. The van der Waals surface area contributed by atoms with Crippen molar-refractivity contribution in [3.05, 3.63) is 0 Å². The van der Waals surface area contributed by atoms with Crippen molar-refractivity contribution >= 4 is 5.97 Å². The molecule has 1 saturated carbocycles. The highest BCUT2D eigenvalue weighted by molar-refractivity contribution is 5.75. The Morgan fingerprint density at radius 2 is 1.75 bits per heavy atom. The van der Waals surface area contributed by atoms with Gasteiger partial charge in [-0.1, -0.05) is 39.0 Å². The number of hydrogen-bond donors (Lipinski definition) is 1. The molecule has 0 amide bonds. The van der Waals surface area contributed by atoms with E-state index in [-0.39, 0.29) is 5.92 Å². The third-order valence-electron chi connectivity index (χ3n) is 4.03. The van der Waals surface area contributed by atoms with Gasteiger partial charge in [0.15, 0.2) is 0 Å². The number of carboxylic acids is 1. The minimum absolute atomic E-state index is 0.105. The normalized spacial score (nSPS) is 23.1. The highest BCUT2D eigenvalue weighted by Gasteiger charge is 2.42. The Kier molecular flexibility index (Phi) is 5.26. The molecule has 16 heavy (non-hydrogen) atoms. The van der Waals surface area contributed by atoms with Crippen LogP contribution in [-0.4, -0.2) is 24.8 Å². The zero-order valence-corrected chi connectivity index (χ0v) is 10.5. The van der Waals surface area contributed by atoms with Crippen LogP contribution in [0, 0.1) is 11.3 Å². The van der Waals surface area contributed by atoms with Gasteiger partial charge < -0.3 is 9.84 Å². The summed E-state index contributed by atoms with van der Waals surface area (Å²) < 4.78 is 5.14. The Hall–Kier alpha value is -0.570. The third kappa shape index (κ3) is 2.97. The van der Waals surface area contributed by atoms with Gasteiger partial charge in [0.05, 0.1) is 5.41 Å². The van der Waals surface area contributed by atoms with Crippen LogP contribution in [0.25, 0.3) is 0 Å². The van der Waals surface area contributed by atoms with E-state index in [0.29, 0.717) is 6.61 Å². The van der Waals surface area contributed by atoms with Crippen LogP contribution < -0.4 is 0 Å². The van der Waals surface area contributed by atoms with E-state index in [1.165, 1.54) is 19.3 Å². The van der Waals surface area contributed by atoms with Gasteiger partial charge in [-0.3, -0.25) is 4.79 Å². The minimum atomic E-state index is -0.626. The summed E-state index contributed by atoms with van der Waals surface area (Å²) >= 11 is 0. The van der Waals surface area contributed by atoms with Crippen LogP contribution in [0.4, 0.5) is 0 Å².